The van der Waals surface area contributed by atoms with Crippen molar-refractivity contribution in [2.24, 2.45) is 5.92 Å². The highest BCUT2D eigenvalue weighted by atomic mass is 35.5. The standard InChI is InChI=1S/C24H33Cl2N3O4/c1-17-12-20(31)16-27(14-17)15-19(30)6-8-28-10-11-29(9-7-24(28)33)23(32)5-3-18-2-4-21(25)22(26)13-18/h2-5,13,17,19-20,30-31H,6-12,14-16H2,1H3/b5-3+/t17-,19+,20+/m0/s1. The van der Waals surface area contributed by atoms with Gasteiger partial charge >= 0.3 is 0 Å². The number of carbonyl (C=O) groups is 2. The first kappa shape index (κ1) is 26.0. The smallest absolute Gasteiger partial charge is 0.246 e. The van der Waals surface area contributed by atoms with Crippen LogP contribution in [0.2, 0.25) is 10.0 Å². The number of hydrogen-bond acceptors (Lipinski definition) is 5. The van der Waals surface area contributed by atoms with Crippen LogP contribution in [0.25, 0.3) is 6.08 Å². The predicted molar refractivity (Wildman–Crippen MR) is 130 cm³/mol. The SMILES string of the molecule is C[C@H]1C[C@@H](O)CN(C[C@H](O)CCN2CCN(C(=O)/C=C/c3ccc(Cl)c(Cl)c3)CCC2=O)C1. The van der Waals surface area contributed by atoms with Crippen LogP contribution >= 0.6 is 23.2 Å². The van der Waals surface area contributed by atoms with E-state index in [0.29, 0.717) is 61.7 Å². The lowest BCUT2D eigenvalue weighted by Gasteiger charge is -2.35. The lowest BCUT2D eigenvalue weighted by Crippen LogP contribution is -2.46. The normalized spacial score (nSPS) is 23.7. The molecule has 2 N–H and O–H groups in total. The number of benzene rings is 1. The molecule has 3 atom stereocenters. The van der Waals surface area contributed by atoms with E-state index in [4.69, 9.17) is 23.2 Å². The molecular weight excluding hydrogens is 465 g/mol. The molecule has 0 bridgehead atoms. The van der Waals surface area contributed by atoms with Gasteiger partial charge in [-0.05, 0) is 42.5 Å². The fraction of sp³-hybridized carbons (Fsp3) is 0.583. The highest BCUT2D eigenvalue weighted by molar-refractivity contribution is 6.42. The molecule has 0 saturated carbocycles. The Balaban J connectivity index is 1.46. The molecule has 2 aliphatic rings. The van der Waals surface area contributed by atoms with Gasteiger partial charge in [0.2, 0.25) is 11.8 Å². The molecule has 2 heterocycles. The molecule has 0 spiro atoms. The Bertz CT molecular complexity index is 856. The van der Waals surface area contributed by atoms with E-state index in [2.05, 4.69) is 11.8 Å². The van der Waals surface area contributed by atoms with E-state index in [9.17, 15) is 19.8 Å². The van der Waals surface area contributed by atoms with Gasteiger partial charge in [-0.2, -0.15) is 0 Å². The Morgan fingerprint density at radius 1 is 1.21 bits per heavy atom. The van der Waals surface area contributed by atoms with E-state index in [1.807, 2.05) is 0 Å². The number of amides is 2. The second-order valence-corrected chi connectivity index (χ2v) is 9.93. The van der Waals surface area contributed by atoms with Gasteiger partial charge in [0, 0.05) is 58.3 Å². The average Bonchev–Trinajstić information content (AvgIpc) is 2.93. The maximum absolute atomic E-state index is 12.6. The summed E-state index contributed by atoms with van der Waals surface area (Å²) in [6.45, 7) is 5.75. The summed E-state index contributed by atoms with van der Waals surface area (Å²) in [7, 11) is 0. The molecular formula is C24H33Cl2N3O4. The van der Waals surface area contributed by atoms with Crippen molar-refractivity contribution in [1.29, 1.82) is 0 Å². The second-order valence-electron chi connectivity index (χ2n) is 9.12. The molecule has 1 aromatic rings. The minimum Gasteiger partial charge on any atom is -0.392 e. The fourth-order valence-electron chi connectivity index (χ4n) is 4.48. The zero-order valence-corrected chi connectivity index (χ0v) is 20.5. The third-order valence-corrected chi connectivity index (χ3v) is 6.92. The molecule has 2 saturated heterocycles. The van der Waals surface area contributed by atoms with E-state index in [0.717, 1.165) is 18.5 Å². The molecule has 2 amide bonds. The maximum atomic E-state index is 12.6. The molecule has 2 aliphatic heterocycles. The van der Waals surface area contributed by atoms with E-state index in [-0.39, 0.29) is 24.3 Å². The number of halogens is 2. The molecule has 0 aliphatic carbocycles. The van der Waals surface area contributed by atoms with Crippen LogP contribution in [0.3, 0.4) is 0 Å². The van der Waals surface area contributed by atoms with Gasteiger partial charge in [-0.25, -0.2) is 0 Å². The number of hydrogen-bond donors (Lipinski definition) is 2. The monoisotopic (exact) mass is 497 g/mol. The number of rotatable bonds is 7. The van der Waals surface area contributed by atoms with Gasteiger partial charge < -0.3 is 20.0 Å². The first-order valence-corrected chi connectivity index (χ1v) is 12.2. The Kier molecular flexibility index (Phi) is 9.58. The number of carbonyl (C=O) groups excluding carboxylic acids is 2. The van der Waals surface area contributed by atoms with Crippen molar-refractivity contribution in [3.05, 3.63) is 39.9 Å². The van der Waals surface area contributed by atoms with Crippen molar-refractivity contribution < 1.29 is 19.8 Å². The lowest BCUT2D eigenvalue weighted by atomic mass is 9.97. The Hall–Kier alpha value is -1.64. The number of nitrogens with zero attached hydrogens (tertiary/aromatic N) is 3. The zero-order valence-electron chi connectivity index (χ0n) is 19.0. The molecule has 2 fully saturated rings. The zero-order chi connectivity index (χ0) is 24.0. The van der Waals surface area contributed by atoms with Gasteiger partial charge in [-0.1, -0.05) is 36.2 Å². The van der Waals surface area contributed by atoms with Gasteiger partial charge in [-0.3, -0.25) is 14.5 Å². The number of β-amino-alcohol motifs (C(OH)–C–C–N with tert-alkyl or cyclic N) is 2. The third-order valence-electron chi connectivity index (χ3n) is 6.18. The topological polar surface area (TPSA) is 84.3 Å². The summed E-state index contributed by atoms with van der Waals surface area (Å²) in [4.78, 5) is 30.6. The predicted octanol–water partition coefficient (Wildman–Crippen LogP) is 2.52. The highest BCUT2D eigenvalue weighted by Gasteiger charge is 2.26. The van der Waals surface area contributed by atoms with Crippen LogP contribution in [-0.4, -0.2) is 94.7 Å². The van der Waals surface area contributed by atoms with Crippen molar-refractivity contribution in [2.45, 2.75) is 38.4 Å². The molecule has 9 heteroatoms. The summed E-state index contributed by atoms with van der Waals surface area (Å²) in [5.74, 6) is 0.240. The number of aliphatic hydroxyl groups excluding tert-OH is 2. The molecule has 1 aromatic carbocycles. The minimum absolute atomic E-state index is 0.00650. The van der Waals surface area contributed by atoms with Gasteiger partial charge in [0.15, 0.2) is 0 Å². The summed E-state index contributed by atoms with van der Waals surface area (Å²) in [5, 5.41) is 21.3. The Morgan fingerprint density at radius 3 is 2.73 bits per heavy atom. The van der Waals surface area contributed by atoms with Crippen LogP contribution in [0, 0.1) is 5.92 Å². The summed E-state index contributed by atoms with van der Waals surface area (Å²) < 4.78 is 0. The number of aliphatic hydroxyl groups is 2. The van der Waals surface area contributed by atoms with Gasteiger partial charge in [0.05, 0.1) is 22.3 Å². The molecule has 3 rings (SSSR count). The molecule has 182 valence electrons. The van der Waals surface area contributed by atoms with Gasteiger partial charge in [-0.15, -0.1) is 0 Å². The summed E-state index contributed by atoms with van der Waals surface area (Å²) in [6, 6.07) is 5.15. The maximum Gasteiger partial charge on any atom is 0.246 e. The Labute approximate surface area is 205 Å². The van der Waals surface area contributed by atoms with Crippen molar-refractivity contribution in [1.82, 2.24) is 14.7 Å². The summed E-state index contributed by atoms with van der Waals surface area (Å²) in [6.07, 6.45) is 3.79. The molecule has 33 heavy (non-hydrogen) atoms. The van der Waals surface area contributed by atoms with E-state index in [1.165, 1.54) is 6.08 Å². The molecule has 0 aromatic heterocycles. The Morgan fingerprint density at radius 2 is 2.00 bits per heavy atom. The van der Waals surface area contributed by atoms with Gasteiger partial charge in [0.25, 0.3) is 0 Å². The van der Waals surface area contributed by atoms with Crippen LogP contribution in [0.4, 0.5) is 0 Å². The largest absolute Gasteiger partial charge is 0.392 e. The lowest BCUT2D eigenvalue weighted by molar-refractivity contribution is -0.130. The van der Waals surface area contributed by atoms with E-state index < -0.39 is 6.10 Å². The second kappa shape index (κ2) is 12.2. The summed E-state index contributed by atoms with van der Waals surface area (Å²) >= 11 is 11.9. The number of piperidine rings is 1. The highest BCUT2D eigenvalue weighted by Crippen LogP contribution is 2.23. The molecule has 7 nitrogen and oxygen atoms in total. The van der Waals surface area contributed by atoms with Crippen molar-refractivity contribution >= 4 is 41.1 Å². The molecule has 0 unspecified atom stereocenters. The van der Waals surface area contributed by atoms with Crippen LogP contribution in [0.15, 0.2) is 24.3 Å². The van der Waals surface area contributed by atoms with E-state index in [1.54, 1.807) is 34.1 Å². The van der Waals surface area contributed by atoms with E-state index >= 15 is 0 Å². The van der Waals surface area contributed by atoms with Crippen molar-refractivity contribution in [3.63, 3.8) is 0 Å². The van der Waals surface area contributed by atoms with Crippen LogP contribution in [0.5, 0.6) is 0 Å². The number of likely N-dealkylation sites (tertiary alicyclic amines) is 1. The van der Waals surface area contributed by atoms with Crippen molar-refractivity contribution in [3.8, 4) is 0 Å². The first-order chi connectivity index (χ1) is 15.7. The van der Waals surface area contributed by atoms with Crippen LogP contribution in [0.1, 0.15) is 31.7 Å². The quantitative estimate of drug-likeness (QED) is 0.565. The summed E-state index contributed by atoms with van der Waals surface area (Å²) in [5.41, 5.74) is 0.773. The van der Waals surface area contributed by atoms with Crippen molar-refractivity contribution in [2.75, 3.05) is 45.8 Å². The first-order valence-electron chi connectivity index (χ1n) is 11.5. The van der Waals surface area contributed by atoms with Crippen LogP contribution < -0.4 is 0 Å². The fourth-order valence-corrected chi connectivity index (χ4v) is 4.79. The third kappa shape index (κ3) is 7.97. The minimum atomic E-state index is -0.564. The van der Waals surface area contributed by atoms with Crippen LogP contribution in [-0.2, 0) is 9.59 Å². The van der Waals surface area contributed by atoms with Gasteiger partial charge in [0.1, 0.15) is 0 Å². The molecule has 0 radical (unpaired) electrons. The average molecular weight is 498 g/mol.